The van der Waals surface area contributed by atoms with Gasteiger partial charge in [0.05, 0.1) is 22.4 Å². The topological polar surface area (TPSA) is 83.1 Å². The summed E-state index contributed by atoms with van der Waals surface area (Å²) in [4.78, 5) is 29.1. The van der Waals surface area contributed by atoms with Gasteiger partial charge in [-0.1, -0.05) is 158 Å². The van der Waals surface area contributed by atoms with E-state index in [-0.39, 0.29) is 0 Å². The quantitative estimate of drug-likeness (QED) is 0.193. The molecular weight excluding hydrogens is 637 g/mol. The van der Waals surface area contributed by atoms with Crippen LogP contribution in [-0.4, -0.2) is 29.9 Å². The Bertz CT molecular complexity index is 2860. The predicted molar refractivity (Wildman–Crippen MR) is 211 cm³/mol. The molecule has 11 rings (SSSR count). The Labute approximate surface area is 298 Å². The molecule has 9 aromatic rings. The minimum atomic E-state index is 0.658. The van der Waals surface area contributed by atoms with E-state index in [9.17, 15) is 0 Å². The van der Waals surface area contributed by atoms with E-state index in [4.69, 9.17) is 19.9 Å². The summed E-state index contributed by atoms with van der Waals surface area (Å²) in [6.45, 7) is 0. The molecule has 8 bridgehead atoms. The first-order valence-corrected chi connectivity index (χ1v) is 17.4. The number of aromatic nitrogens is 6. The zero-order valence-corrected chi connectivity index (χ0v) is 27.8. The van der Waals surface area contributed by atoms with Gasteiger partial charge >= 0.3 is 0 Å². The predicted octanol–water partition coefficient (Wildman–Crippen LogP) is 11.4. The summed E-state index contributed by atoms with van der Waals surface area (Å²) < 4.78 is 0. The van der Waals surface area contributed by atoms with Crippen molar-refractivity contribution in [3.63, 3.8) is 0 Å². The first kappa shape index (κ1) is 28.6. The van der Waals surface area contributed by atoms with E-state index >= 15 is 0 Å². The second kappa shape index (κ2) is 11.2. The van der Waals surface area contributed by atoms with Gasteiger partial charge in [0.2, 0.25) is 0 Å². The van der Waals surface area contributed by atoms with Crippen molar-refractivity contribution < 1.29 is 0 Å². The third-order valence-electron chi connectivity index (χ3n) is 10.2. The number of fused-ring (bicyclic) bond motifs is 20. The van der Waals surface area contributed by atoms with Crippen molar-refractivity contribution in [1.29, 1.82) is 0 Å². The monoisotopic (exact) mass is 664 g/mol. The molecule has 2 aliphatic heterocycles. The van der Waals surface area contributed by atoms with Crippen LogP contribution in [-0.2, 0) is 0 Å². The third-order valence-corrected chi connectivity index (χ3v) is 10.2. The summed E-state index contributed by atoms with van der Waals surface area (Å²) in [6.07, 6.45) is 0. The van der Waals surface area contributed by atoms with Gasteiger partial charge < -0.3 is 9.97 Å². The lowest BCUT2D eigenvalue weighted by Gasteiger charge is -2.07. The third kappa shape index (κ3) is 4.25. The standard InChI is InChI=1S/C46H28N6/c1-3-15-27(16-4-1)37-39-29-19-7-11-23-33(29)43(47-39)51-45-35-25-13-9-21-31(35)41(49-45)38(28-17-5-2-6-18-28)42-32-22-10-14-26-36(32)46(50-42)52-44-34-24-12-8-20-30(34)40(37)48-44/h1-26H,(H,47,49,51)(H,48,50,52). The number of H-pyrrole nitrogens is 2. The summed E-state index contributed by atoms with van der Waals surface area (Å²) >= 11 is 0. The number of aromatic amines is 2. The Kier molecular flexibility index (Phi) is 6.15. The normalized spacial score (nSPS) is 11.8. The van der Waals surface area contributed by atoms with Crippen LogP contribution in [0.3, 0.4) is 0 Å². The van der Waals surface area contributed by atoms with E-state index in [0.29, 0.717) is 11.6 Å². The number of rotatable bonds is 2. The van der Waals surface area contributed by atoms with Crippen LogP contribution in [0, 0.1) is 0 Å². The minimum absolute atomic E-state index is 0.658. The average Bonchev–Trinajstić information content (AvgIpc) is 3.96. The van der Waals surface area contributed by atoms with E-state index in [0.717, 1.165) is 99.8 Å². The molecule has 0 radical (unpaired) electrons. The summed E-state index contributed by atoms with van der Waals surface area (Å²) in [7, 11) is 0. The molecule has 3 aromatic heterocycles. The Morgan fingerprint density at radius 3 is 1.08 bits per heavy atom. The average molecular weight is 665 g/mol. The largest absolute Gasteiger partial charge is 0.339 e. The molecule has 52 heavy (non-hydrogen) atoms. The summed E-state index contributed by atoms with van der Waals surface area (Å²) in [6, 6.07) is 54.6. The zero-order chi connectivity index (χ0) is 34.2. The van der Waals surface area contributed by atoms with Gasteiger partial charge in [-0.3, -0.25) is 0 Å². The Balaban J connectivity index is 1.43. The van der Waals surface area contributed by atoms with Crippen LogP contribution in [0.1, 0.15) is 0 Å². The molecule has 2 N–H and O–H groups in total. The molecule has 0 unspecified atom stereocenters. The summed E-state index contributed by atoms with van der Waals surface area (Å²) in [5.41, 5.74) is 13.2. The fourth-order valence-electron chi connectivity index (χ4n) is 7.89. The molecule has 0 spiro atoms. The fraction of sp³-hybridized carbons (Fsp3) is 0. The van der Waals surface area contributed by atoms with Crippen LogP contribution in [0.25, 0.3) is 111 Å². The van der Waals surface area contributed by atoms with Crippen molar-refractivity contribution in [2.75, 3.05) is 0 Å². The first-order valence-electron chi connectivity index (χ1n) is 17.4. The van der Waals surface area contributed by atoms with Gasteiger partial charge in [-0.15, -0.1) is 0 Å². The van der Waals surface area contributed by atoms with Crippen molar-refractivity contribution in [2.24, 2.45) is 0 Å². The van der Waals surface area contributed by atoms with Crippen molar-refractivity contribution >= 4 is 43.9 Å². The highest BCUT2D eigenvalue weighted by Crippen LogP contribution is 2.45. The van der Waals surface area contributed by atoms with Crippen LogP contribution in [0.15, 0.2) is 158 Å². The van der Waals surface area contributed by atoms with Crippen LogP contribution in [0.4, 0.5) is 0 Å². The van der Waals surface area contributed by atoms with Gasteiger partial charge in [-0.05, 0) is 11.1 Å². The SMILES string of the molecule is c1ccc(-c2c3nc(nc4[nH]c(c(-c5ccccc5)c5nc(nc6[nH]c2c2ccccc62)-c2ccccc2-5)c2ccccc42)-c2ccccc2-3)cc1. The van der Waals surface area contributed by atoms with Gasteiger partial charge in [0.1, 0.15) is 11.3 Å². The maximum atomic E-state index is 5.40. The summed E-state index contributed by atoms with van der Waals surface area (Å²) in [5.74, 6) is 1.32. The molecule has 0 saturated carbocycles. The van der Waals surface area contributed by atoms with Crippen molar-refractivity contribution in [3.05, 3.63) is 158 Å². The number of nitrogens with one attached hydrogen (secondary N) is 2. The van der Waals surface area contributed by atoms with Gasteiger partial charge in [-0.2, -0.15) is 0 Å². The molecule has 6 nitrogen and oxygen atoms in total. The highest BCUT2D eigenvalue weighted by molar-refractivity contribution is 6.15. The fourth-order valence-corrected chi connectivity index (χ4v) is 7.89. The Morgan fingerprint density at radius 1 is 0.308 bits per heavy atom. The molecule has 0 fully saturated rings. The molecule has 242 valence electrons. The molecule has 6 aromatic carbocycles. The molecule has 6 heteroatoms. The first-order chi connectivity index (χ1) is 25.8. The molecule has 0 saturated heterocycles. The van der Waals surface area contributed by atoms with E-state index in [1.165, 1.54) is 0 Å². The van der Waals surface area contributed by atoms with Gasteiger partial charge in [0, 0.05) is 54.9 Å². The highest BCUT2D eigenvalue weighted by Gasteiger charge is 2.26. The van der Waals surface area contributed by atoms with E-state index in [1.807, 2.05) is 12.1 Å². The number of nitrogens with zero attached hydrogens (tertiary/aromatic N) is 4. The zero-order valence-electron chi connectivity index (χ0n) is 27.8. The Hall–Kier alpha value is -7.18. The lowest BCUT2D eigenvalue weighted by atomic mass is 9.97. The van der Waals surface area contributed by atoms with Crippen LogP contribution in [0.2, 0.25) is 0 Å². The Morgan fingerprint density at radius 2 is 0.654 bits per heavy atom. The molecule has 0 atom stereocenters. The van der Waals surface area contributed by atoms with E-state index < -0.39 is 0 Å². The molecule has 2 aliphatic rings. The number of hydrogen-bond donors (Lipinski definition) is 2. The maximum absolute atomic E-state index is 5.40. The smallest absolute Gasteiger partial charge is 0.162 e. The van der Waals surface area contributed by atoms with Crippen molar-refractivity contribution in [2.45, 2.75) is 0 Å². The van der Waals surface area contributed by atoms with Crippen LogP contribution in [0.5, 0.6) is 0 Å². The maximum Gasteiger partial charge on any atom is 0.162 e. The second-order valence-electron chi connectivity index (χ2n) is 13.2. The summed E-state index contributed by atoms with van der Waals surface area (Å²) in [5, 5.41) is 4.14. The van der Waals surface area contributed by atoms with Crippen LogP contribution < -0.4 is 0 Å². The molecular formula is C46H28N6. The van der Waals surface area contributed by atoms with Crippen LogP contribution >= 0.6 is 0 Å². The van der Waals surface area contributed by atoms with E-state index in [1.54, 1.807) is 0 Å². The van der Waals surface area contributed by atoms with E-state index in [2.05, 4.69) is 156 Å². The second-order valence-corrected chi connectivity index (χ2v) is 13.2. The highest BCUT2D eigenvalue weighted by atomic mass is 15.0. The molecule has 5 heterocycles. The van der Waals surface area contributed by atoms with Crippen molar-refractivity contribution in [3.8, 4) is 67.5 Å². The lowest BCUT2D eigenvalue weighted by molar-refractivity contribution is 1.26. The van der Waals surface area contributed by atoms with Gasteiger partial charge in [0.25, 0.3) is 0 Å². The molecule has 0 amide bonds. The minimum Gasteiger partial charge on any atom is -0.339 e. The van der Waals surface area contributed by atoms with Crippen molar-refractivity contribution in [1.82, 2.24) is 29.9 Å². The lowest BCUT2D eigenvalue weighted by Crippen LogP contribution is -1.86. The van der Waals surface area contributed by atoms with Gasteiger partial charge in [0.15, 0.2) is 11.6 Å². The number of hydrogen-bond acceptors (Lipinski definition) is 4. The number of benzene rings is 6. The molecule has 0 aliphatic carbocycles. The van der Waals surface area contributed by atoms with Gasteiger partial charge in [-0.25, -0.2) is 19.9 Å².